The monoisotopic (exact) mass is 296 g/mol. The van der Waals surface area contributed by atoms with Crippen molar-refractivity contribution in [2.24, 2.45) is 5.73 Å². The summed E-state index contributed by atoms with van der Waals surface area (Å²) in [5, 5.41) is 3.71. The van der Waals surface area contributed by atoms with Gasteiger partial charge in [-0.15, -0.1) is 0 Å². The minimum absolute atomic E-state index is 0.124. The van der Waals surface area contributed by atoms with Gasteiger partial charge >= 0.3 is 0 Å². The molecule has 102 valence electrons. The summed E-state index contributed by atoms with van der Waals surface area (Å²) in [4.78, 5) is 11.9. The molecule has 0 spiro atoms. The van der Waals surface area contributed by atoms with Crippen molar-refractivity contribution in [3.05, 3.63) is 34.3 Å². The first-order valence-corrected chi connectivity index (χ1v) is 7.54. The highest BCUT2D eigenvalue weighted by Crippen LogP contribution is 2.17. The largest absolute Gasteiger partial charge is 0.351 e. The molecule has 1 amide bonds. The van der Waals surface area contributed by atoms with Crippen molar-refractivity contribution in [2.45, 2.75) is 12.2 Å². The number of nitrogens with one attached hydrogen (secondary N) is 1. The Hall–Kier alpha value is -1.15. The number of amides is 1. The second-order valence-electron chi connectivity index (χ2n) is 3.96. The van der Waals surface area contributed by atoms with Crippen LogP contribution >= 0.6 is 23.4 Å². The summed E-state index contributed by atoms with van der Waals surface area (Å²) in [6.45, 7) is 2.97. The second-order valence-corrected chi connectivity index (χ2v) is 5.64. The van der Waals surface area contributed by atoms with E-state index in [9.17, 15) is 4.79 Å². The molecular formula is C14H17ClN2OS. The second kappa shape index (κ2) is 8.11. The van der Waals surface area contributed by atoms with Crippen LogP contribution in [-0.4, -0.2) is 30.5 Å². The van der Waals surface area contributed by atoms with Crippen LogP contribution in [-0.2, 0) is 0 Å². The smallest absolute Gasteiger partial charge is 0.251 e. The minimum atomic E-state index is -0.124. The molecule has 1 aromatic rings. The van der Waals surface area contributed by atoms with Crippen LogP contribution in [0, 0.1) is 11.8 Å². The SMILES string of the molecule is CSC(C)CNC(=O)c1ccc(C#CCN)c(Cl)c1. The van der Waals surface area contributed by atoms with Crippen LogP contribution < -0.4 is 11.1 Å². The Bertz CT molecular complexity index is 508. The normalized spacial score (nSPS) is 11.4. The first-order chi connectivity index (χ1) is 9.08. The molecule has 1 aromatic carbocycles. The number of nitrogens with two attached hydrogens (primary N) is 1. The van der Waals surface area contributed by atoms with E-state index in [4.69, 9.17) is 17.3 Å². The maximum Gasteiger partial charge on any atom is 0.251 e. The molecule has 0 saturated heterocycles. The summed E-state index contributed by atoms with van der Waals surface area (Å²) in [6, 6.07) is 5.07. The summed E-state index contributed by atoms with van der Waals surface area (Å²) in [5.74, 6) is 5.46. The van der Waals surface area contributed by atoms with E-state index in [2.05, 4.69) is 24.1 Å². The summed E-state index contributed by atoms with van der Waals surface area (Å²) in [6.07, 6.45) is 2.01. The van der Waals surface area contributed by atoms with Crippen LogP contribution in [0.4, 0.5) is 0 Å². The van der Waals surface area contributed by atoms with Gasteiger partial charge in [0.2, 0.25) is 0 Å². The average Bonchev–Trinajstić information content (AvgIpc) is 2.42. The Labute approximate surface area is 123 Å². The van der Waals surface area contributed by atoms with Gasteiger partial charge in [-0.1, -0.05) is 30.4 Å². The molecule has 0 saturated carbocycles. The van der Waals surface area contributed by atoms with Crippen LogP contribution in [0.2, 0.25) is 5.02 Å². The van der Waals surface area contributed by atoms with E-state index in [1.54, 1.807) is 30.0 Å². The molecule has 0 bridgehead atoms. The fourth-order valence-corrected chi connectivity index (χ4v) is 1.80. The lowest BCUT2D eigenvalue weighted by Crippen LogP contribution is -2.29. The van der Waals surface area contributed by atoms with Gasteiger partial charge in [0.15, 0.2) is 0 Å². The van der Waals surface area contributed by atoms with Crippen molar-refractivity contribution >= 4 is 29.3 Å². The first kappa shape index (κ1) is 15.9. The maximum absolute atomic E-state index is 11.9. The number of halogens is 1. The van der Waals surface area contributed by atoms with E-state index in [1.807, 2.05) is 6.26 Å². The lowest BCUT2D eigenvalue weighted by atomic mass is 10.1. The molecule has 1 atom stereocenters. The molecule has 5 heteroatoms. The van der Waals surface area contributed by atoms with Gasteiger partial charge in [-0.25, -0.2) is 0 Å². The number of carbonyl (C=O) groups excluding carboxylic acids is 1. The van der Waals surface area contributed by atoms with Crippen molar-refractivity contribution in [1.29, 1.82) is 0 Å². The third-order valence-electron chi connectivity index (χ3n) is 2.51. The highest BCUT2D eigenvalue weighted by molar-refractivity contribution is 7.99. The molecule has 3 N–H and O–H groups in total. The van der Waals surface area contributed by atoms with Crippen molar-refractivity contribution in [1.82, 2.24) is 5.32 Å². The van der Waals surface area contributed by atoms with E-state index < -0.39 is 0 Å². The predicted molar refractivity (Wildman–Crippen MR) is 82.7 cm³/mol. The zero-order valence-electron chi connectivity index (χ0n) is 11.0. The summed E-state index contributed by atoms with van der Waals surface area (Å²) in [7, 11) is 0. The Morgan fingerprint density at radius 1 is 1.58 bits per heavy atom. The molecule has 3 nitrogen and oxygen atoms in total. The molecule has 19 heavy (non-hydrogen) atoms. The van der Waals surface area contributed by atoms with E-state index in [1.165, 1.54) is 0 Å². The number of rotatable bonds is 4. The minimum Gasteiger partial charge on any atom is -0.351 e. The van der Waals surface area contributed by atoms with Crippen molar-refractivity contribution < 1.29 is 4.79 Å². The third kappa shape index (κ3) is 5.15. The summed E-state index contributed by atoms with van der Waals surface area (Å²) < 4.78 is 0. The van der Waals surface area contributed by atoms with Crippen LogP contribution in [0.15, 0.2) is 18.2 Å². The first-order valence-electron chi connectivity index (χ1n) is 5.88. The summed E-state index contributed by atoms with van der Waals surface area (Å²) >= 11 is 7.78. The van der Waals surface area contributed by atoms with Crippen LogP contribution in [0.5, 0.6) is 0 Å². The molecule has 1 rings (SSSR count). The van der Waals surface area contributed by atoms with Crippen molar-refractivity contribution in [2.75, 3.05) is 19.3 Å². The highest BCUT2D eigenvalue weighted by atomic mass is 35.5. The van der Waals surface area contributed by atoms with Crippen LogP contribution in [0.3, 0.4) is 0 Å². The summed E-state index contributed by atoms with van der Waals surface area (Å²) in [5.41, 5.74) is 6.52. The Morgan fingerprint density at radius 2 is 2.32 bits per heavy atom. The maximum atomic E-state index is 11.9. The van der Waals surface area contributed by atoms with Gasteiger partial charge in [-0.05, 0) is 24.5 Å². The molecular weight excluding hydrogens is 280 g/mol. The fraction of sp³-hybridized carbons (Fsp3) is 0.357. The van der Waals surface area contributed by atoms with Gasteiger partial charge in [0, 0.05) is 22.9 Å². The lowest BCUT2D eigenvalue weighted by molar-refractivity contribution is 0.0954. The van der Waals surface area contributed by atoms with Crippen molar-refractivity contribution in [3.63, 3.8) is 0 Å². The van der Waals surface area contributed by atoms with Crippen molar-refractivity contribution in [3.8, 4) is 11.8 Å². The molecule has 1 unspecified atom stereocenters. The highest BCUT2D eigenvalue weighted by Gasteiger charge is 2.09. The fourth-order valence-electron chi connectivity index (χ4n) is 1.33. The van der Waals surface area contributed by atoms with E-state index in [0.29, 0.717) is 27.9 Å². The van der Waals surface area contributed by atoms with Gasteiger partial charge < -0.3 is 11.1 Å². The van der Waals surface area contributed by atoms with Gasteiger partial charge in [0.05, 0.1) is 11.6 Å². The van der Waals surface area contributed by atoms with E-state index in [-0.39, 0.29) is 12.5 Å². The number of carbonyl (C=O) groups is 1. The van der Waals surface area contributed by atoms with E-state index in [0.717, 1.165) is 0 Å². The van der Waals surface area contributed by atoms with Crippen LogP contribution in [0.1, 0.15) is 22.8 Å². The Kier molecular flexibility index (Phi) is 6.79. The zero-order chi connectivity index (χ0) is 14.3. The zero-order valence-corrected chi connectivity index (χ0v) is 12.6. The molecule has 0 aliphatic rings. The third-order valence-corrected chi connectivity index (χ3v) is 3.79. The predicted octanol–water partition coefficient (Wildman–Crippen LogP) is 2.13. The van der Waals surface area contributed by atoms with Gasteiger partial charge in [-0.3, -0.25) is 4.79 Å². The number of hydrogen-bond acceptors (Lipinski definition) is 3. The standard InChI is InChI=1S/C14H17ClN2OS/c1-10(19-2)9-17-14(18)12-6-5-11(4-3-7-16)13(15)8-12/h5-6,8,10H,7,9,16H2,1-2H3,(H,17,18). The number of thioether (sulfide) groups is 1. The Balaban J connectivity index is 2.74. The topological polar surface area (TPSA) is 55.1 Å². The van der Waals surface area contributed by atoms with E-state index >= 15 is 0 Å². The van der Waals surface area contributed by atoms with Gasteiger partial charge in [-0.2, -0.15) is 11.8 Å². The molecule has 0 heterocycles. The van der Waals surface area contributed by atoms with Gasteiger partial charge in [0.25, 0.3) is 5.91 Å². The molecule has 0 aliphatic carbocycles. The Morgan fingerprint density at radius 3 is 2.89 bits per heavy atom. The number of hydrogen-bond donors (Lipinski definition) is 2. The molecule has 0 aliphatic heterocycles. The van der Waals surface area contributed by atoms with Crippen LogP contribution in [0.25, 0.3) is 0 Å². The van der Waals surface area contributed by atoms with Gasteiger partial charge in [0.1, 0.15) is 0 Å². The molecule has 0 fully saturated rings. The number of benzene rings is 1. The quantitative estimate of drug-likeness (QED) is 0.837. The average molecular weight is 297 g/mol. The lowest BCUT2D eigenvalue weighted by Gasteiger charge is -2.10. The molecule has 0 radical (unpaired) electrons. The molecule has 0 aromatic heterocycles.